The van der Waals surface area contributed by atoms with Crippen molar-refractivity contribution in [3.05, 3.63) is 10.6 Å². The number of thiazole rings is 1. The lowest BCUT2D eigenvalue weighted by atomic mass is 10.0. The molecule has 2 aliphatic heterocycles. The van der Waals surface area contributed by atoms with Gasteiger partial charge in [0.2, 0.25) is 5.91 Å². The van der Waals surface area contributed by atoms with Gasteiger partial charge in [-0.15, -0.1) is 0 Å². The molecule has 1 saturated heterocycles. The van der Waals surface area contributed by atoms with Crippen LogP contribution in [0.3, 0.4) is 0 Å². The molecule has 19 heavy (non-hydrogen) atoms. The van der Waals surface area contributed by atoms with Crippen molar-refractivity contribution < 1.29 is 9.53 Å². The van der Waals surface area contributed by atoms with Gasteiger partial charge in [0, 0.05) is 12.8 Å². The summed E-state index contributed by atoms with van der Waals surface area (Å²) in [5, 5.41) is 6.97. The summed E-state index contributed by atoms with van der Waals surface area (Å²) >= 11 is 1.54. The number of anilines is 1. The van der Waals surface area contributed by atoms with E-state index in [9.17, 15) is 4.79 Å². The molecule has 0 bridgehead atoms. The number of aromatic nitrogens is 1. The van der Waals surface area contributed by atoms with Crippen LogP contribution in [0.2, 0.25) is 0 Å². The molecule has 0 radical (unpaired) electrons. The smallest absolute Gasteiger partial charge is 0.226 e. The van der Waals surface area contributed by atoms with E-state index in [0.29, 0.717) is 18.9 Å². The third-order valence-electron chi connectivity index (χ3n) is 3.68. The maximum atomic E-state index is 11.9. The molecule has 2 aliphatic rings. The number of hydrogen-bond donors (Lipinski definition) is 2. The second kappa shape index (κ2) is 5.98. The Balaban J connectivity index is 1.49. The maximum absolute atomic E-state index is 11.9. The van der Waals surface area contributed by atoms with Gasteiger partial charge in [-0.2, -0.15) is 0 Å². The van der Waals surface area contributed by atoms with Crippen molar-refractivity contribution in [3.63, 3.8) is 0 Å². The van der Waals surface area contributed by atoms with Crippen LogP contribution >= 0.6 is 11.3 Å². The van der Waals surface area contributed by atoms with E-state index in [4.69, 9.17) is 4.74 Å². The van der Waals surface area contributed by atoms with E-state index in [1.807, 2.05) is 0 Å². The molecule has 0 spiro atoms. The lowest BCUT2D eigenvalue weighted by molar-refractivity contribution is -0.116. The van der Waals surface area contributed by atoms with Crippen molar-refractivity contribution in [1.82, 2.24) is 10.3 Å². The standard InChI is InChI=1S/C13H19N3O2S/c17-12(2-1-9-3-5-14-7-9)16-13-15-10-4-6-18-8-11(10)19-13/h9,14H,1-8H2,(H,15,16,17). The SMILES string of the molecule is O=C(CCC1CCNC1)Nc1nc2c(s1)COCC2. The first-order valence-electron chi connectivity index (χ1n) is 6.88. The predicted octanol–water partition coefficient (Wildman–Crippen LogP) is 1.54. The molecule has 1 fully saturated rings. The van der Waals surface area contributed by atoms with Crippen LogP contribution in [0.15, 0.2) is 0 Å². The van der Waals surface area contributed by atoms with Crippen LogP contribution in [0.1, 0.15) is 29.8 Å². The zero-order valence-corrected chi connectivity index (χ0v) is 11.7. The Morgan fingerprint density at radius 1 is 1.58 bits per heavy atom. The number of fused-ring (bicyclic) bond motifs is 1. The fourth-order valence-corrected chi connectivity index (χ4v) is 3.52. The average Bonchev–Trinajstić information content (AvgIpc) is 3.04. The fraction of sp³-hybridized carbons (Fsp3) is 0.692. The molecular formula is C13H19N3O2S. The molecule has 6 heteroatoms. The van der Waals surface area contributed by atoms with E-state index < -0.39 is 0 Å². The van der Waals surface area contributed by atoms with Gasteiger partial charge < -0.3 is 15.4 Å². The van der Waals surface area contributed by atoms with Gasteiger partial charge in [0.25, 0.3) is 0 Å². The van der Waals surface area contributed by atoms with Crippen molar-refractivity contribution in [2.75, 3.05) is 25.0 Å². The topological polar surface area (TPSA) is 63.2 Å². The monoisotopic (exact) mass is 281 g/mol. The lowest BCUT2D eigenvalue weighted by Crippen LogP contribution is -2.15. The summed E-state index contributed by atoms with van der Waals surface area (Å²) in [6.45, 7) is 3.51. The summed E-state index contributed by atoms with van der Waals surface area (Å²) in [6, 6.07) is 0. The second-order valence-corrected chi connectivity index (χ2v) is 6.22. The van der Waals surface area contributed by atoms with E-state index in [0.717, 1.165) is 48.2 Å². The van der Waals surface area contributed by atoms with E-state index in [1.54, 1.807) is 11.3 Å². The van der Waals surface area contributed by atoms with Gasteiger partial charge in [0.1, 0.15) is 0 Å². The number of carbonyl (C=O) groups is 1. The molecule has 3 rings (SSSR count). The number of rotatable bonds is 4. The van der Waals surface area contributed by atoms with Gasteiger partial charge in [0.05, 0.1) is 23.8 Å². The third-order valence-corrected chi connectivity index (χ3v) is 4.67. The number of amides is 1. The van der Waals surface area contributed by atoms with Gasteiger partial charge in [-0.25, -0.2) is 4.98 Å². The zero-order valence-electron chi connectivity index (χ0n) is 10.9. The van der Waals surface area contributed by atoms with Crippen molar-refractivity contribution in [3.8, 4) is 0 Å². The maximum Gasteiger partial charge on any atom is 0.226 e. The first kappa shape index (κ1) is 13.0. The van der Waals surface area contributed by atoms with Crippen LogP contribution in [-0.2, 0) is 22.6 Å². The number of carbonyl (C=O) groups excluding carboxylic acids is 1. The van der Waals surface area contributed by atoms with Gasteiger partial charge in [-0.1, -0.05) is 11.3 Å². The van der Waals surface area contributed by atoms with Crippen LogP contribution in [0, 0.1) is 5.92 Å². The largest absolute Gasteiger partial charge is 0.375 e. The van der Waals surface area contributed by atoms with E-state index in [1.165, 1.54) is 6.42 Å². The highest BCUT2D eigenvalue weighted by molar-refractivity contribution is 7.15. The zero-order chi connectivity index (χ0) is 13.1. The van der Waals surface area contributed by atoms with Gasteiger partial charge in [-0.3, -0.25) is 4.79 Å². The normalized spacial score (nSPS) is 22.2. The summed E-state index contributed by atoms with van der Waals surface area (Å²) in [4.78, 5) is 17.5. The van der Waals surface area contributed by atoms with Gasteiger partial charge in [0.15, 0.2) is 5.13 Å². The molecule has 1 aromatic rings. The summed E-state index contributed by atoms with van der Waals surface area (Å²) < 4.78 is 5.38. The molecule has 0 saturated carbocycles. The lowest BCUT2D eigenvalue weighted by Gasteiger charge is -2.08. The van der Waals surface area contributed by atoms with Crippen molar-refractivity contribution in [1.29, 1.82) is 0 Å². The minimum Gasteiger partial charge on any atom is -0.375 e. The molecule has 1 amide bonds. The Morgan fingerprint density at radius 2 is 2.53 bits per heavy atom. The first-order valence-corrected chi connectivity index (χ1v) is 7.70. The fourth-order valence-electron chi connectivity index (χ4n) is 2.56. The quantitative estimate of drug-likeness (QED) is 0.879. The van der Waals surface area contributed by atoms with Crippen molar-refractivity contribution in [2.24, 2.45) is 5.92 Å². The molecular weight excluding hydrogens is 262 g/mol. The van der Waals surface area contributed by atoms with Crippen LogP contribution < -0.4 is 10.6 Å². The molecule has 1 aromatic heterocycles. The predicted molar refractivity (Wildman–Crippen MR) is 74.3 cm³/mol. The third kappa shape index (κ3) is 3.32. The molecule has 2 N–H and O–H groups in total. The molecule has 1 atom stereocenters. The Kier molecular flexibility index (Phi) is 4.10. The molecule has 0 aliphatic carbocycles. The molecule has 1 unspecified atom stereocenters. The minimum atomic E-state index is 0.0823. The molecule has 0 aromatic carbocycles. The van der Waals surface area contributed by atoms with Crippen LogP contribution in [-0.4, -0.2) is 30.6 Å². The van der Waals surface area contributed by atoms with Gasteiger partial charge in [-0.05, 0) is 31.8 Å². The Labute approximate surface area is 116 Å². The Hall–Kier alpha value is -0.980. The highest BCUT2D eigenvalue weighted by Crippen LogP contribution is 2.27. The summed E-state index contributed by atoms with van der Waals surface area (Å²) in [6.07, 6.45) is 3.60. The second-order valence-electron chi connectivity index (χ2n) is 5.14. The number of ether oxygens (including phenoxy) is 1. The number of nitrogens with zero attached hydrogens (tertiary/aromatic N) is 1. The van der Waals surface area contributed by atoms with E-state index in [-0.39, 0.29) is 5.91 Å². The molecule has 5 nitrogen and oxygen atoms in total. The molecule has 104 valence electrons. The van der Waals surface area contributed by atoms with Crippen molar-refractivity contribution >= 4 is 22.4 Å². The van der Waals surface area contributed by atoms with Crippen LogP contribution in [0.5, 0.6) is 0 Å². The van der Waals surface area contributed by atoms with E-state index >= 15 is 0 Å². The minimum absolute atomic E-state index is 0.0823. The highest BCUT2D eigenvalue weighted by atomic mass is 32.1. The summed E-state index contributed by atoms with van der Waals surface area (Å²) in [5.41, 5.74) is 1.09. The molecule has 3 heterocycles. The first-order chi connectivity index (χ1) is 9.31. The Morgan fingerprint density at radius 3 is 3.32 bits per heavy atom. The summed E-state index contributed by atoms with van der Waals surface area (Å²) in [7, 11) is 0. The van der Waals surface area contributed by atoms with Crippen LogP contribution in [0.4, 0.5) is 5.13 Å². The number of hydrogen-bond acceptors (Lipinski definition) is 5. The van der Waals surface area contributed by atoms with Gasteiger partial charge >= 0.3 is 0 Å². The average molecular weight is 281 g/mol. The Bertz CT molecular complexity index is 431. The van der Waals surface area contributed by atoms with Crippen molar-refractivity contribution in [2.45, 2.75) is 32.3 Å². The van der Waals surface area contributed by atoms with Crippen LogP contribution in [0.25, 0.3) is 0 Å². The summed E-state index contributed by atoms with van der Waals surface area (Å²) in [5.74, 6) is 0.738. The van der Waals surface area contributed by atoms with E-state index in [2.05, 4.69) is 15.6 Å². The number of nitrogens with one attached hydrogen (secondary N) is 2. The highest BCUT2D eigenvalue weighted by Gasteiger charge is 2.18.